The normalized spacial score (nSPS) is 12.8. The lowest BCUT2D eigenvalue weighted by atomic mass is 10.0. The Hall–Kier alpha value is -2.03. The summed E-state index contributed by atoms with van der Waals surface area (Å²) in [5, 5.41) is 2.28. The van der Waals surface area contributed by atoms with Gasteiger partial charge in [0.15, 0.2) is 0 Å². The van der Waals surface area contributed by atoms with Crippen LogP contribution in [0.15, 0.2) is 47.4 Å². The number of halogens is 3. The molecule has 9 heteroatoms. The molecule has 1 amide bonds. The SMILES string of the molecule is CC(C)[C@H](NS(=O)(=O)c1ccccc1F)C(=O)Nc1ccc(F)c(Cl)c1. The Balaban J connectivity index is 2.24. The maximum atomic E-state index is 13.8. The summed E-state index contributed by atoms with van der Waals surface area (Å²) in [4.78, 5) is 11.9. The lowest BCUT2D eigenvalue weighted by molar-refractivity contribution is -0.118. The highest BCUT2D eigenvalue weighted by Crippen LogP contribution is 2.21. The number of carbonyl (C=O) groups is 1. The fourth-order valence-electron chi connectivity index (χ4n) is 2.18. The number of rotatable bonds is 6. The molecular formula is C17H17ClF2N2O3S. The van der Waals surface area contributed by atoms with Gasteiger partial charge >= 0.3 is 0 Å². The monoisotopic (exact) mass is 402 g/mol. The van der Waals surface area contributed by atoms with Crippen molar-refractivity contribution >= 4 is 33.2 Å². The molecule has 5 nitrogen and oxygen atoms in total. The number of hydrogen-bond donors (Lipinski definition) is 2. The molecule has 1 atom stereocenters. The van der Waals surface area contributed by atoms with E-state index in [0.717, 1.165) is 18.2 Å². The second kappa shape index (κ2) is 8.11. The first-order chi connectivity index (χ1) is 12.1. The first-order valence-corrected chi connectivity index (χ1v) is 9.50. The largest absolute Gasteiger partial charge is 0.325 e. The zero-order valence-corrected chi connectivity index (χ0v) is 15.5. The molecule has 2 aromatic carbocycles. The van der Waals surface area contributed by atoms with E-state index < -0.39 is 44.4 Å². The molecule has 0 bridgehead atoms. The Labute approximate surface area is 155 Å². The lowest BCUT2D eigenvalue weighted by Crippen LogP contribution is -2.47. The van der Waals surface area contributed by atoms with E-state index in [0.29, 0.717) is 0 Å². The van der Waals surface area contributed by atoms with E-state index >= 15 is 0 Å². The van der Waals surface area contributed by atoms with Gasteiger partial charge in [-0.05, 0) is 36.2 Å². The number of nitrogens with one attached hydrogen (secondary N) is 2. The molecule has 0 saturated heterocycles. The van der Waals surface area contributed by atoms with Crippen LogP contribution in [-0.4, -0.2) is 20.4 Å². The average Bonchev–Trinajstić information content (AvgIpc) is 2.56. The quantitative estimate of drug-likeness (QED) is 0.775. The standard InChI is InChI=1S/C17H17ClF2N2O3S/c1-10(2)16(17(23)21-11-7-8-13(19)12(18)9-11)22-26(24,25)15-6-4-3-5-14(15)20/h3-10,16,22H,1-2H3,(H,21,23)/t16-/m0/s1. The summed E-state index contributed by atoms with van der Waals surface area (Å²) in [5.74, 6) is -2.69. The Morgan fingerprint density at radius 1 is 1.08 bits per heavy atom. The van der Waals surface area contributed by atoms with Crippen molar-refractivity contribution < 1.29 is 22.0 Å². The second-order valence-corrected chi connectivity index (χ2v) is 7.98. The first-order valence-electron chi connectivity index (χ1n) is 7.64. The van der Waals surface area contributed by atoms with Gasteiger partial charge in [-0.3, -0.25) is 4.79 Å². The summed E-state index contributed by atoms with van der Waals surface area (Å²) in [6.45, 7) is 3.26. The van der Waals surface area contributed by atoms with Crippen molar-refractivity contribution in [1.82, 2.24) is 4.72 Å². The molecule has 26 heavy (non-hydrogen) atoms. The van der Waals surface area contributed by atoms with E-state index in [1.54, 1.807) is 13.8 Å². The van der Waals surface area contributed by atoms with Crippen molar-refractivity contribution in [2.45, 2.75) is 24.8 Å². The second-order valence-electron chi connectivity index (χ2n) is 5.89. The molecule has 0 aromatic heterocycles. The molecule has 2 N–H and O–H groups in total. The van der Waals surface area contributed by atoms with Crippen LogP contribution in [0.2, 0.25) is 5.02 Å². The molecular weight excluding hydrogens is 386 g/mol. The van der Waals surface area contributed by atoms with Gasteiger partial charge in [-0.2, -0.15) is 4.72 Å². The molecule has 140 valence electrons. The predicted octanol–water partition coefficient (Wildman–Crippen LogP) is 3.56. The zero-order valence-electron chi connectivity index (χ0n) is 14.0. The Bertz CT molecular complexity index is 920. The maximum Gasteiger partial charge on any atom is 0.244 e. The van der Waals surface area contributed by atoms with Crippen molar-refractivity contribution in [3.8, 4) is 0 Å². The minimum Gasteiger partial charge on any atom is -0.325 e. The summed E-state index contributed by atoms with van der Waals surface area (Å²) < 4.78 is 54.0. The molecule has 0 aliphatic carbocycles. The summed E-state index contributed by atoms with van der Waals surface area (Å²) in [7, 11) is -4.26. The van der Waals surface area contributed by atoms with Gasteiger partial charge < -0.3 is 5.32 Å². The molecule has 0 unspecified atom stereocenters. The molecule has 0 saturated carbocycles. The van der Waals surface area contributed by atoms with Gasteiger partial charge in [0.2, 0.25) is 15.9 Å². The number of sulfonamides is 1. The van der Waals surface area contributed by atoms with Crippen molar-refractivity contribution in [2.75, 3.05) is 5.32 Å². The highest BCUT2D eigenvalue weighted by molar-refractivity contribution is 7.89. The van der Waals surface area contributed by atoms with Crippen LogP contribution in [0.4, 0.5) is 14.5 Å². The summed E-state index contributed by atoms with van der Waals surface area (Å²) in [5.41, 5.74) is 0.206. The average molecular weight is 403 g/mol. The van der Waals surface area contributed by atoms with Gasteiger partial charge in [-0.25, -0.2) is 17.2 Å². The van der Waals surface area contributed by atoms with E-state index in [2.05, 4.69) is 10.0 Å². The Morgan fingerprint density at radius 2 is 1.73 bits per heavy atom. The smallest absolute Gasteiger partial charge is 0.244 e. The third-order valence-electron chi connectivity index (χ3n) is 3.54. The van der Waals surface area contributed by atoms with Crippen LogP contribution in [-0.2, 0) is 14.8 Å². The summed E-state index contributed by atoms with van der Waals surface area (Å²) in [6, 6.07) is 7.25. The highest BCUT2D eigenvalue weighted by Gasteiger charge is 2.30. The first kappa shape index (κ1) is 20.3. The van der Waals surface area contributed by atoms with Crippen LogP contribution < -0.4 is 10.0 Å². The molecule has 0 aliphatic heterocycles. The molecule has 0 heterocycles. The van der Waals surface area contributed by atoms with E-state index in [-0.39, 0.29) is 10.7 Å². The van der Waals surface area contributed by atoms with Crippen LogP contribution in [0.3, 0.4) is 0 Å². The van der Waals surface area contributed by atoms with Gasteiger partial charge in [0.05, 0.1) is 5.02 Å². The van der Waals surface area contributed by atoms with Gasteiger partial charge in [0.1, 0.15) is 22.6 Å². The molecule has 2 aromatic rings. The van der Waals surface area contributed by atoms with Crippen molar-refractivity contribution in [3.63, 3.8) is 0 Å². The van der Waals surface area contributed by atoms with E-state index in [4.69, 9.17) is 11.6 Å². The van der Waals surface area contributed by atoms with E-state index in [9.17, 15) is 22.0 Å². The van der Waals surface area contributed by atoms with Gasteiger partial charge in [0.25, 0.3) is 0 Å². The van der Waals surface area contributed by atoms with Crippen molar-refractivity contribution in [3.05, 3.63) is 59.1 Å². The third kappa shape index (κ3) is 4.78. The molecule has 0 aliphatic rings. The fourth-order valence-corrected chi connectivity index (χ4v) is 3.78. The van der Waals surface area contributed by atoms with Crippen LogP contribution in [0.1, 0.15) is 13.8 Å². The topological polar surface area (TPSA) is 75.3 Å². The lowest BCUT2D eigenvalue weighted by Gasteiger charge is -2.22. The number of amides is 1. The Kier molecular flexibility index (Phi) is 6.33. The van der Waals surface area contributed by atoms with Crippen LogP contribution in [0, 0.1) is 17.6 Å². The summed E-state index contributed by atoms with van der Waals surface area (Å²) in [6.07, 6.45) is 0. The van der Waals surface area contributed by atoms with Crippen LogP contribution in [0.25, 0.3) is 0 Å². The molecule has 0 radical (unpaired) electrons. The van der Waals surface area contributed by atoms with Crippen molar-refractivity contribution in [2.24, 2.45) is 5.92 Å². The zero-order chi connectivity index (χ0) is 19.5. The fraction of sp³-hybridized carbons (Fsp3) is 0.235. The van der Waals surface area contributed by atoms with Crippen LogP contribution >= 0.6 is 11.6 Å². The summed E-state index contributed by atoms with van der Waals surface area (Å²) >= 11 is 5.66. The third-order valence-corrected chi connectivity index (χ3v) is 5.31. The molecule has 0 fully saturated rings. The van der Waals surface area contributed by atoms with Gasteiger partial charge in [0, 0.05) is 5.69 Å². The number of anilines is 1. The van der Waals surface area contributed by atoms with E-state index in [1.165, 1.54) is 24.3 Å². The molecule has 0 spiro atoms. The molecule has 2 rings (SSSR count). The van der Waals surface area contributed by atoms with Crippen LogP contribution in [0.5, 0.6) is 0 Å². The highest BCUT2D eigenvalue weighted by atomic mass is 35.5. The van der Waals surface area contributed by atoms with Gasteiger partial charge in [-0.15, -0.1) is 0 Å². The number of benzene rings is 2. The van der Waals surface area contributed by atoms with E-state index in [1.807, 2.05) is 0 Å². The van der Waals surface area contributed by atoms with Gasteiger partial charge in [-0.1, -0.05) is 37.6 Å². The van der Waals surface area contributed by atoms with Crippen molar-refractivity contribution in [1.29, 1.82) is 0 Å². The minimum absolute atomic E-state index is 0.184. The predicted molar refractivity (Wildman–Crippen MR) is 95.4 cm³/mol. The Morgan fingerprint density at radius 3 is 2.31 bits per heavy atom. The number of carbonyl (C=O) groups excluding carboxylic acids is 1. The maximum absolute atomic E-state index is 13.8. The minimum atomic E-state index is -4.26. The number of hydrogen-bond acceptors (Lipinski definition) is 3.